The number of hydrogen-bond acceptors (Lipinski definition) is 7. The Labute approximate surface area is 219 Å². The minimum atomic E-state index is -0.939. The molecule has 0 bridgehead atoms. The number of Topliss-reactive ketones (excluding diaryl/α,β-unsaturated/α-hetero) is 1. The van der Waals surface area contributed by atoms with Crippen molar-refractivity contribution in [3.05, 3.63) is 46.9 Å². The van der Waals surface area contributed by atoms with Gasteiger partial charge in [-0.3, -0.25) is 9.78 Å². The Morgan fingerprint density at radius 2 is 2.00 bits per heavy atom. The van der Waals surface area contributed by atoms with Crippen LogP contribution in [0.4, 0.5) is 9.52 Å². The van der Waals surface area contributed by atoms with Crippen LogP contribution in [0.5, 0.6) is 5.75 Å². The molecule has 0 radical (unpaired) electrons. The molecule has 4 aromatic rings. The molecule has 0 saturated carbocycles. The maximum Gasteiger partial charge on any atom is 0.186 e. The molecule has 0 amide bonds. The highest BCUT2D eigenvalue weighted by Gasteiger charge is 2.34. The van der Waals surface area contributed by atoms with E-state index in [1.807, 2.05) is 45.2 Å². The van der Waals surface area contributed by atoms with Gasteiger partial charge in [0.15, 0.2) is 16.7 Å². The van der Waals surface area contributed by atoms with Crippen LogP contribution in [0, 0.1) is 12.7 Å². The predicted molar refractivity (Wildman–Crippen MR) is 145 cm³/mol. The molecule has 37 heavy (non-hydrogen) atoms. The van der Waals surface area contributed by atoms with Gasteiger partial charge in [0.2, 0.25) is 0 Å². The lowest BCUT2D eigenvalue weighted by Gasteiger charge is -2.30. The van der Waals surface area contributed by atoms with Gasteiger partial charge in [0.25, 0.3) is 0 Å². The summed E-state index contributed by atoms with van der Waals surface area (Å²) in [6.07, 6.45) is 2.77. The van der Waals surface area contributed by atoms with Gasteiger partial charge in [0.1, 0.15) is 17.4 Å². The van der Waals surface area contributed by atoms with Crippen molar-refractivity contribution in [2.75, 3.05) is 24.6 Å². The van der Waals surface area contributed by atoms with Crippen LogP contribution in [-0.2, 0) is 16.0 Å². The van der Waals surface area contributed by atoms with Gasteiger partial charge in [-0.2, -0.15) is 0 Å². The van der Waals surface area contributed by atoms with E-state index in [1.54, 1.807) is 6.92 Å². The minimum absolute atomic E-state index is 0.176. The molecule has 192 valence electrons. The number of nitrogens with zero attached hydrogens (tertiary/aromatic N) is 3. The van der Waals surface area contributed by atoms with Gasteiger partial charge in [-0.15, -0.1) is 0 Å². The van der Waals surface area contributed by atoms with Crippen molar-refractivity contribution in [2.45, 2.75) is 59.2 Å². The first-order valence-electron chi connectivity index (χ1n) is 12.7. The van der Waals surface area contributed by atoms with Gasteiger partial charge in [0, 0.05) is 47.8 Å². The van der Waals surface area contributed by atoms with Gasteiger partial charge in [0.05, 0.1) is 22.4 Å². The first-order valence-corrected chi connectivity index (χ1v) is 13.5. The van der Waals surface area contributed by atoms with Gasteiger partial charge in [-0.05, 0) is 70.4 Å². The van der Waals surface area contributed by atoms with Crippen molar-refractivity contribution >= 4 is 43.4 Å². The zero-order chi connectivity index (χ0) is 26.1. The minimum Gasteiger partial charge on any atom is -0.493 e. The number of aromatic nitrogens is 2. The van der Waals surface area contributed by atoms with Crippen molar-refractivity contribution < 1.29 is 18.7 Å². The molecule has 2 aromatic heterocycles. The fraction of sp³-hybridized carbons (Fsp3) is 0.414. The number of hydrogen-bond donors (Lipinski definition) is 0. The van der Waals surface area contributed by atoms with Crippen LogP contribution in [0.2, 0.25) is 0 Å². The van der Waals surface area contributed by atoms with Crippen LogP contribution >= 0.6 is 11.3 Å². The van der Waals surface area contributed by atoms with Crippen LogP contribution in [-0.4, -0.2) is 41.0 Å². The summed E-state index contributed by atoms with van der Waals surface area (Å²) in [4.78, 5) is 24.8. The number of halogens is 1. The third-order valence-corrected chi connectivity index (χ3v) is 8.25. The van der Waals surface area contributed by atoms with Crippen molar-refractivity contribution in [1.82, 2.24) is 9.97 Å². The number of benzene rings is 2. The smallest absolute Gasteiger partial charge is 0.186 e. The van der Waals surface area contributed by atoms with E-state index in [-0.39, 0.29) is 5.78 Å². The molecule has 1 fully saturated rings. The number of ether oxygens (including phenoxy) is 2. The Balaban J connectivity index is 1.73. The van der Waals surface area contributed by atoms with Gasteiger partial charge in [-0.1, -0.05) is 11.3 Å². The van der Waals surface area contributed by atoms with Gasteiger partial charge >= 0.3 is 0 Å². The lowest BCUT2D eigenvalue weighted by molar-refractivity contribution is -0.138. The Bertz CT molecular complexity index is 1560. The summed E-state index contributed by atoms with van der Waals surface area (Å²) < 4.78 is 29.0. The zero-order valence-corrected chi connectivity index (χ0v) is 22.6. The number of carbonyl (C=O) groups excluding carboxylic acids is 1. The summed E-state index contributed by atoms with van der Waals surface area (Å²) in [6.45, 7) is 11.4. The molecule has 2 aromatic carbocycles. The van der Waals surface area contributed by atoms with Crippen LogP contribution < -0.4 is 9.64 Å². The van der Waals surface area contributed by atoms with Crippen molar-refractivity contribution in [2.24, 2.45) is 0 Å². The molecule has 2 aliphatic heterocycles. The molecule has 0 spiro atoms. The standard InChI is InChI=1S/C29H30FN3O3S/c1-15-20(26(16(2)34)36-29(3,4)5)22(27-25(23(15)30)32-28(37-27)33-12-6-13-33)18-7-8-19-21-17(10-14-35-19)9-11-31-24(18)21/h7-9,11,26H,6,10,12-14H2,1-5H3/t26-/m1/s1. The Morgan fingerprint density at radius 3 is 2.68 bits per heavy atom. The van der Waals surface area contributed by atoms with E-state index >= 15 is 4.39 Å². The number of carbonyl (C=O) groups is 1. The molecule has 6 nitrogen and oxygen atoms in total. The second-order valence-corrected chi connectivity index (χ2v) is 11.8. The maximum absolute atomic E-state index is 16.0. The van der Waals surface area contributed by atoms with E-state index in [0.29, 0.717) is 28.0 Å². The highest BCUT2D eigenvalue weighted by atomic mass is 32.1. The van der Waals surface area contributed by atoms with Crippen LogP contribution in [0.1, 0.15) is 56.9 Å². The quantitative estimate of drug-likeness (QED) is 0.298. The fourth-order valence-corrected chi connectivity index (χ4v) is 6.46. The Kier molecular flexibility index (Phi) is 5.73. The average molecular weight is 520 g/mol. The molecule has 4 heterocycles. The molecular formula is C29H30FN3O3S. The lowest BCUT2D eigenvalue weighted by atomic mass is 9.87. The van der Waals surface area contributed by atoms with Crippen molar-refractivity contribution in [3.63, 3.8) is 0 Å². The number of fused-ring (bicyclic) bond motifs is 1. The number of thiazole rings is 1. The van der Waals surface area contributed by atoms with E-state index in [9.17, 15) is 4.79 Å². The van der Waals surface area contributed by atoms with E-state index in [1.165, 1.54) is 23.8 Å². The maximum atomic E-state index is 16.0. The summed E-state index contributed by atoms with van der Waals surface area (Å²) in [5, 5.41) is 1.77. The molecular weight excluding hydrogens is 489 g/mol. The van der Waals surface area contributed by atoms with Gasteiger partial charge in [-0.25, -0.2) is 9.37 Å². The topological polar surface area (TPSA) is 64.5 Å². The van der Waals surface area contributed by atoms with Gasteiger partial charge < -0.3 is 14.4 Å². The van der Waals surface area contributed by atoms with Crippen molar-refractivity contribution in [1.29, 1.82) is 0 Å². The largest absolute Gasteiger partial charge is 0.493 e. The van der Waals surface area contributed by atoms with E-state index in [2.05, 4.69) is 4.90 Å². The van der Waals surface area contributed by atoms with E-state index < -0.39 is 17.5 Å². The summed E-state index contributed by atoms with van der Waals surface area (Å²) in [5.74, 6) is 0.216. The normalized spacial score (nSPS) is 16.1. The summed E-state index contributed by atoms with van der Waals surface area (Å²) in [6, 6.07) is 5.97. The summed E-state index contributed by atoms with van der Waals surface area (Å²) in [7, 11) is 0. The Hall–Kier alpha value is -3.10. The second-order valence-electron chi connectivity index (χ2n) is 10.9. The first kappa shape index (κ1) is 24.2. The summed E-state index contributed by atoms with van der Waals surface area (Å²) >= 11 is 1.47. The Morgan fingerprint density at radius 1 is 1.22 bits per heavy atom. The average Bonchev–Trinajstić information content (AvgIpc) is 3.23. The summed E-state index contributed by atoms with van der Waals surface area (Å²) in [5.41, 5.74) is 4.19. The molecule has 0 aliphatic carbocycles. The van der Waals surface area contributed by atoms with Crippen LogP contribution in [0.15, 0.2) is 24.4 Å². The van der Waals surface area contributed by atoms with E-state index in [0.717, 1.165) is 58.8 Å². The number of anilines is 1. The lowest BCUT2D eigenvalue weighted by Crippen LogP contribution is -2.36. The van der Waals surface area contributed by atoms with Crippen molar-refractivity contribution in [3.8, 4) is 16.9 Å². The number of pyridine rings is 1. The highest BCUT2D eigenvalue weighted by Crippen LogP contribution is 2.48. The molecule has 2 aliphatic rings. The molecule has 6 rings (SSSR count). The number of ketones is 1. The molecule has 8 heteroatoms. The van der Waals surface area contributed by atoms with E-state index in [4.69, 9.17) is 19.4 Å². The SMILES string of the molecule is CC(=O)[C@@H](OC(C)(C)C)c1c(C)c(F)c2nc(N3CCC3)sc2c1-c1ccc2c3c(ccnc13)CCO2. The molecule has 1 saturated heterocycles. The molecule has 0 unspecified atom stereocenters. The third-order valence-electron chi connectivity index (χ3n) is 7.12. The third kappa shape index (κ3) is 3.97. The fourth-order valence-electron chi connectivity index (χ4n) is 5.27. The zero-order valence-electron chi connectivity index (χ0n) is 21.8. The highest BCUT2D eigenvalue weighted by molar-refractivity contribution is 7.22. The molecule has 1 atom stereocenters. The van der Waals surface area contributed by atoms with Crippen LogP contribution in [0.3, 0.4) is 0 Å². The first-order chi connectivity index (χ1) is 17.6. The second kappa shape index (κ2) is 8.74. The molecule has 0 N–H and O–H groups in total. The number of rotatable bonds is 5. The van der Waals surface area contributed by atoms with Crippen LogP contribution in [0.25, 0.3) is 32.2 Å². The predicted octanol–water partition coefficient (Wildman–Crippen LogP) is 6.55. The monoisotopic (exact) mass is 519 g/mol.